The largest absolute Gasteiger partial charge is 0.417 e. The predicted octanol–water partition coefficient (Wildman–Crippen LogP) is 4.51. The summed E-state index contributed by atoms with van der Waals surface area (Å²) in [6.45, 7) is 2.59. The molecule has 1 aliphatic carbocycles. The predicted molar refractivity (Wildman–Crippen MR) is 113 cm³/mol. The summed E-state index contributed by atoms with van der Waals surface area (Å²) in [5.41, 5.74) is 2.17. The fourth-order valence-electron chi connectivity index (χ4n) is 4.83. The second-order valence-corrected chi connectivity index (χ2v) is 8.54. The van der Waals surface area contributed by atoms with Gasteiger partial charge < -0.3 is 15.2 Å². The number of hydrogen-bond acceptors (Lipinski definition) is 4. The number of pyridine rings is 2. The molecule has 0 aromatic carbocycles. The van der Waals surface area contributed by atoms with Gasteiger partial charge in [0.2, 0.25) is 0 Å². The number of amides is 1. The van der Waals surface area contributed by atoms with Crippen molar-refractivity contribution in [2.75, 3.05) is 11.9 Å². The fraction of sp³-hybridized carbons (Fsp3) is 0.348. The summed E-state index contributed by atoms with van der Waals surface area (Å²) >= 11 is 0. The molecule has 4 heterocycles. The molecule has 2 aliphatic rings. The minimum atomic E-state index is -4.42. The highest BCUT2D eigenvalue weighted by atomic mass is 19.4. The van der Waals surface area contributed by atoms with Crippen LogP contribution in [0.2, 0.25) is 0 Å². The zero-order valence-electron chi connectivity index (χ0n) is 17.4. The number of nitrogens with one attached hydrogen (secondary N) is 2. The van der Waals surface area contributed by atoms with E-state index in [1.165, 1.54) is 6.07 Å². The average Bonchev–Trinajstić information content (AvgIpc) is 3.50. The molecule has 5 rings (SSSR count). The summed E-state index contributed by atoms with van der Waals surface area (Å²) in [7, 11) is 0. The minimum absolute atomic E-state index is 0.0591. The van der Waals surface area contributed by atoms with Crippen molar-refractivity contribution >= 4 is 11.7 Å². The van der Waals surface area contributed by atoms with Crippen LogP contribution in [0.25, 0.3) is 11.3 Å². The van der Waals surface area contributed by atoms with E-state index in [4.69, 9.17) is 0 Å². The first-order valence-corrected chi connectivity index (χ1v) is 10.5. The molecule has 2 bridgehead atoms. The number of aryl methyl sites for hydroxylation is 1. The Morgan fingerprint density at radius 2 is 2.03 bits per heavy atom. The standard InChI is InChI=1S/C23H22F3N5O/c1-13-7-16(17-3-2-6-27-17)21(29-10-13)22(32)31-12-14-8-18(19(31)9-14)30-20-5-4-15(11-28-20)23(24,25)26/h2-7,10-11,14,18-19,27H,8-9,12H2,1H3,(H,28,30)/t14-,18+,19-/m0/s1. The third-order valence-corrected chi connectivity index (χ3v) is 6.28. The van der Waals surface area contributed by atoms with Gasteiger partial charge in [0, 0.05) is 42.4 Å². The Balaban J connectivity index is 1.36. The van der Waals surface area contributed by atoms with E-state index in [-0.39, 0.29) is 18.0 Å². The molecule has 6 nitrogen and oxygen atoms in total. The lowest BCUT2D eigenvalue weighted by molar-refractivity contribution is -0.137. The average molecular weight is 441 g/mol. The highest BCUT2D eigenvalue weighted by Crippen LogP contribution is 2.40. The molecule has 0 unspecified atom stereocenters. The number of anilines is 1. The summed E-state index contributed by atoms with van der Waals surface area (Å²) in [6.07, 6.45) is 1.61. The number of nitrogens with zero attached hydrogens (tertiary/aromatic N) is 3. The van der Waals surface area contributed by atoms with Crippen LogP contribution in [0.4, 0.5) is 19.0 Å². The van der Waals surface area contributed by atoms with Gasteiger partial charge in [-0.15, -0.1) is 0 Å². The van der Waals surface area contributed by atoms with Crippen LogP contribution >= 0.6 is 0 Å². The van der Waals surface area contributed by atoms with E-state index in [1.807, 2.05) is 30.0 Å². The Hall–Kier alpha value is -3.36. The van der Waals surface area contributed by atoms with Crippen molar-refractivity contribution < 1.29 is 18.0 Å². The molecular weight excluding hydrogens is 419 g/mol. The van der Waals surface area contributed by atoms with Gasteiger partial charge in [-0.1, -0.05) is 0 Å². The van der Waals surface area contributed by atoms with E-state index in [1.54, 1.807) is 12.4 Å². The third-order valence-electron chi connectivity index (χ3n) is 6.28. The molecule has 2 fully saturated rings. The first-order valence-electron chi connectivity index (χ1n) is 10.5. The molecule has 3 aromatic heterocycles. The highest BCUT2D eigenvalue weighted by molar-refractivity contribution is 5.99. The number of rotatable bonds is 4. The topological polar surface area (TPSA) is 73.9 Å². The van der Waals surface area contributed by atoms with Gasteiger partial charge in [0.05, 0.1) is 11.6 Å². The van der Waals surface area contributed by atoms with Crippen molar-refractivity contribution in [1.82, 2.24) is 19.9 Å². The number of carbonyl (C=O) groups excluding carboxylic acids is 1. The molecule has 1 saturated carbocycles. The van der Waals surface area contributed by atoms with Gasteiger partial charge in [0.25, 0.3) is 5.91 Å². The Morgan fingerprint density at radius 1 is 1.19 bits per heavy atom. The van der Waals surface area contributed by atoms with Crippen molar-refractivity contribution in [3.63, 3.8) is 0 Å². The van der Waals surface area contributed by atoms with E-state index < -0.39 is 11.7 Å². The van der Waals surface area contributed by atoms with Crippen LogP contribution in [-0.2, 0) is 6.18 Å². The maximum Gasteiger partial charge on any atom is 0.417 e. The first-order chi connectivity index (χ1) is 15.3. The van der Waals surface area contributed by atoms with Crippen molar-refractivity contribution in [3.05, 3.63) is 65.7 Å². The molecule has 0 radical (unpaired) electrons. The second-order valence-electron chi connectivity index (χ2n) is 8.54. The number of alkyl halides is 3. The monoisotopic (exact) mass is 441 g/mol. The number of aromatic nitrogens is 3. The molecule has 1 amide bonds. The molecule has 2 N–H and O–H groups in total. The van der Waals surface area contributed by atoms with Gasteiger partial charge in [0.15, 0.2) is 0 Å². The second kappa shape index (κ2) is 7.65. The molecule has 166 valence electrons. The quantitative estimate of drug-likeness (QED) is 0.625. The number of piperidine rings is 1. The summed E-state index contributed by atoms with van der Waals surface area (Å²) in [4.78, 5) is 26.9. The lowest BCUT2D eigenvalue weighted by Crippen LogP contribution is -2.48. The van der Waals surface area contributed by atoms with Crippen LogP contribution in [0.3, 0.4) is 0 Å². The van der Waals surface area contributed by atoms with Crippen molar-refractivity contribution in [1.29, 1.82) is 0 Å². The van der Waals surface area contributed by atoms with Gasteiger partial charge in [-0.05, 0) is 61.6 Å². The summed E-state index contributed by atoms with van der Waals surface area (Å²) in [6, 6.07) is 7.96. The fourth-order valence-corrected chi connectivity index (χ4v) is 4.83. The molecule has 3 aromatic rings. The highest BCUT2D eigenvalue weighted by Gasteiger charge is 2.47. The summed E-state index contributed by atoms with van der Waals surface area (Å²) < 4.78 is 38.4. The van der Waals surface area contributed by atoms with E-state index in [9.17, 15) is 18.0 Å². The maximum atomic E-state index is 13.5. The van der Waals surface area contributed by atoms with E-state index >= 15 is 0 Å². The SMILES string of the molecule is Cc1cnc(C(=O)N2C[C@H]3C[C@@H](Nc4ccc(C(F)(F)F)cn4)[C@@H]2C3)c(-c2ccc[nH]2)c1. The van der Waals surface area contributed by atoms with E-state index in [0.29, 0.717) is 24.0 Å². The van der Waals surface area contributed by atoms with Gasteiger partial charge in [-0.3, -0.25) is 9.78 Å². The number of likely N-dealkylation sites (tertiary alicyclic amines) is 1. The molecular formula is C23H22F3N5O. The Morgan fingerprint density at radius 3 is 2.69 bits per heavy atom. The van der Waals surface area contributed by atoms with Crippen LogP contribution in [0, 0.1) is 12.8 Å². The number of fused-ring (bicyclic) bond motifs is 2. The van der Waals surface area contributed by atoms with Crippen LogP contribution in [0.15, 0.2) is 48.9 Å². The van der Waals surface area contributed by atoms with Crippen molar-refractivity contribution in [2.45, 2.75) is 38.0 Å². The van der Waals surface area contributed by atoms with Crippen LogP contribution in [0.1, 0.15) is 34.5 Å². The van der Waals surface area contributed by atoms with Gasteiger partial charge >= 0.3 is 6.18 Å². The van der Waals surface area contributed by atoms with Gasteiger partial charge in [-0.25, -0.2) is 4.98 Å². The summed E-state index contributed by atoms with van der Waals surface area (Å²) in [5.74, 6) is 0.591. The summed E-state index contributed by atoms with van der Waals surface area (Å²) in [5, 5.41) is 3.24. The number of H-pyrrole nitrogens is 1. The zero-order valence-corrected chi connectivity index (χ0v) is 17.4. The van der Waals surface area contributed by atoms with Crippen LogP contribution in [-0.4, -0.2) is 44.4 Å². The molecule has 3 atom stereocenters. The lowest BCUT2D eigenvalue weighted by atomic mass is 10.0. The molecule has 32 heavy (non-hydrogen) atoms. The molecule has 9 heteroatoms. The van der Waals surface area contributed by atoms with E-state index in [0.717, 1.165) is 41.9 Å². The molecule has 1 aliphatic heterocycles. The number of halogens is 3. The maximum absolute atomic E-state index is 13.5. The molecule has 1 saturated heterocycles. The van der Waals surface area contributed by atoms with Gasteiger partial charge in [0.1, 0.15) is 11.5 Å². The zero-order chi connectivity index (χ0) is 22.5. The Kier molecular flexibility index (Phi) is 4.91. The Bertz CT molecular complexity index is 1130. The van der Waals surface area contributed by atoms with Crippen molar-refractivity contribution in [3.8, 4) is 11.3 Å². The normalized spacial score (nSPS) is 22.4. The third kappa shape index (κ3) is 3.72. The van der Waals surface area contributed by atoms with E-state index in [2.05, 4.69) is 20.3 Å². The number of hydrogen-bond donors (Lipinski definition) is 2. The van der Waals surface area contributed by atoms with Crippen LogP contribution in [0.5, 0.6) is 0 Å². The number of carbonyl (C=O) groups is 1. The minimum Gasteiger partial charge on any atom is -0.365 e. The first kappa shape index (κ1) is 20.5. The van der Waals surface area contributed by atoms with Crippen molar-refractivity contribution in [2.24, 2.45) is 5.92 Å². The molecule has 0 spiro atoms. The van der Waals surface area contributed by atoms with Gasteiger partial charge in [-0.2, -0.15) is 13.2 Å². The smallest absolute Gasteiger partial charge is 0.365 e. The van der Waals surface area contributed by atoms with Crippen LogP contribution < -0.4 is 5.32 Å². The number of aromatic amines is 1. The lowest BCUT2D eigenvalue weighted by Gasteiger charge is -2.34. The Labute approximate surface area is 182 Å².